The van der Waals surface area contributed by atoms with Crippen LogP contribution in [-0.4, -0.2) is 54.1 Å². The van der Waals surface area contributed by atoms with Crippen LogP contribution in [0.2, 0.25) is 0 Å². The van der Waals surface area contributed by atoms with Gasteiger partial charge in [0.25, 0.3) is 0 Å². The van der Waals surface area contributed by atoms with E-state index < -0.39 is 0 Å². The number of likely N-dealkylation sites (tertiary alicyclic amines) is 1. The van der Waals surface area contributed by atoms with Crippen LogP contribution in [0.5, 0.6) is 0 Å². The summed E-state index contributed by atoms with van der Waals surface area (Å²) < 4.78 is 0. The van der Waals surface area contributed by atoms with Crippen LogP contribution < -0.4 is 5.73 Å². The molecule has 0 aromatic heterocycles. The van der Waals surface area contributed by atoms with Crippen molar-refractivity contribution < 1.29 is 0 Å². The van der Waals surface area contributed by atoms with Crippen molar-refractivity contribution in [1.82, 2.24) is 9.80 Å². The lowest BCUT2D eigenvalue weighted by atomic mass is 9.72. The van der Waals surface area contributed by atoms with E-state index in [-0.39, 0.29) is 0 Å². The molecule has 1 aliphatic carbocycles. The van der Waals surface area contributed by atoms with Gasteiger partial charge in [-0.15, -0.1) is 0 Å². The van der Waals surface area contributed by atoms with E-state index >= 15 is 0 Å². The van der Waals surface area contributed by atoms with Crippen molar-refractivity contribution in [1.29, 1.82) is 0 Å². The molecule has 21 heavy (non-hydrogen) atoms. The second kappa shape index (κ2) is 5.50. The quantitative estimate of drug-likeness (QED) is 0.848. The summed E-state index contributed by atoms with van der Waals surface area (Å²) in [6.07, 6.45) is 12.8. The van der Waals surface area contributed by atoms with Crippen molar-refractivity contribution >= 4 is 0 Å². The Morgan fingerprint density at radius 1 is 0.952 bits per heavy atom. The second-order valence-corrected chi connectivity index (χ2v) is 8.43. The molecule has 4 fully saturated rings. The number of rotatable bonds is 2. The van der Waals surface area contributed by atoms with Gasteiger partial charge in [0.1, 0.15) is 0 Å². The Bertz CT molecular complexity index is 369. The molecule has 3 nitrogen and oxygen atoms in total. The van der Waals surface area contributed by atoms with Gasteiger partial charge in [0, 0.05) is 30.7 Å². The van der Waals surface area contributed by atoms with Gasteiger partial charge < -0.3 is 10.6 Å². The van der Waals surface area contributed by atoms with Crippen molar-refractivity contribution in [2.24, 2.45) is 17.6 Å². The van der Waals surface area contributed by atoms with Crippen molar-refractivity contribution in [2.45, 2.75) is 75.4 Å². The Kier molecular flexibility index (Phi) is 3.79. The van der Waals surface area contributed by atoms with Crippen molar-refractivity contribution in [3.63, 3.8) is 0 Å². The number of hydrogen-bond acceptors (Lipinski definition) is 3. The lowest BCUT2D eigenvalue weighted by Crippen LogP contribution is -2.64. The minimum atomic E-state index is 0.334. The van der Waals surface area contributed by atoms with Gasteiger partial charge >= 0.3 is 0 Å². The van der Waals surface area contributed by atoms with Crippen LogP contribution >= 0.6 is 0 Å². The number of nitrogens with zero attached hydrogens (tertiary/aromatic N) is 2. The van der Waals surface area contributed by atoms with Gasteiger partial charge in [-0.1, -0.05) is 19.3 Å². The number of piperidine rings is 2. The van der Waals surface area contributed by atoms with Gasteiger partial charge in [-0.05, 0) is 64.0 Å². The standard InChI is InChI=1S/C18H33N3/c1-20-16-6-7-17(20)11-18(10-16,13-19)21-9-8-14-4-2-3-5-15(14)12-21/h14-17H,2-13,19H2,1H3. The van der Waals surface area contributed by atoms with Gasteiger partial charge in [-0.25, -0.2) is 0 Å². The minimum Gasteiger partial charge on any atom is -0.329 e. The topological polar surface area (TPSA) is 32.5 Å². The summed E-state index contributed by atoms with van der Waals surface area (Å²) >= 11 is 0. The van der Waals surface area contributed by atoms with Crippen LogP contribution in [0.15, 0.2) is 0 Å². The molecule has 0 spiro atoms. The summed E-state index contributed by atoms with van der Waals surface area (Å²) in [7, 11) is 2.34. The second-order valence-electron chi connectivity index (χ2n) is 8.43. The molecule has 3 heteroatoms. The molecule has 120 valence electrons. The number of hydrogen-bond donors (Lipinski definition) is 1. The molecular weight excluding hydrogens is 258 g/mol. The molecule has 3 saturated heterocycles. The highest BCUT2D eigenvalue weighted by Crippen LogP contribution is 2.45. The summed E-state index contributed by atoms with van der Waals surface area (Å²) in [4.78, 5) is 5.51. The molecule has 4 rings (SSSR count). The van der Waals surface area contributed by atoms with E-state index in [9.17, 15) is 0 Å². The Hall–Kier alpha value is -0.120. The Morgan fingerprint density at radius 2 is 1.62 bits per heavy atom. The third kappa shape index (κ3) is 2.36. The first-order valence-corrected chi connectivity index (χ1v) is 9.39. The fourth-order valence-electron chi connectivity index (χ4n) is 6.13. The summed E-state index contributed by atoms with van der Waals surface area (Å²) in [5.41, 5.74) is 6.71. The summed E-state index contributed by atoms with van der Waals surface area (Å²) in [5.74, 6) is 2.01. The predicted molar refractivity (Wildman–Crippen MR) is 87.2 cm³/mol. The number of nitrogens with two attached hydrogens (primary N) is 1. The molecule has 1 saturated carbocycles. The lowest BCUT2D eigenvalue weighted by Gasteiger charge is -2.55. The van der Waals surface area contributed by atoms with Gasteiger partial charge in [0.2, 0.25) is 0 Å². The third-order valence-corrected chi connectivity index (χ3v) is 7.56. The van der Waals surface area contributed by atoms with Crippen LogP contribution in [0.4, 0.5) is 0 Å². The molecule has 0 amide bonds. The highest BCUT2D eigenvalue weighted by Gasteiger charge is 2.50. The Balaban J connectivity index is 1.51. The molecule has 2 bridgehead atoms. The summed E-state index contributed by atoms with van der Waals surface area (Å²) in [6, 6.07) is 1.60. The molecule has 4 atom stereocenters. The minimum absolute atomic E-state index is 0.334. The van der Waals surface area contributed by atoms with E-state index in [0.717, 1.165) is 30.5 Å². The molecule has 2 N–H and O–H groups in total. The van der Waals surface area contributed by atoms with E-state index in [1.54, 1.807) is 0 Å². The van der Waals surface area contributed by atoms with Gasteiger partial charge in [-0.2, -0.15) is 0 Å². The average molecular weight is 291 g/mol. The van der Waals surface area contributed by atoms with E-state index in [2.05, 4.69) is 16.8 Å². The largest absolute Gasteiger partial charge is 0.329 e. The fraction of sp³-hybridized carbons (Fsp3) is 1.00. The first kappa shape index (κ1) is 14.5. The first-order valence-electron chi connectivity index (χ1n) is 9.39. The van der Waals surface area contributed by atoms with Gasteiger partial charge in [0.05, 0.1) is 0 Å². The van der Waals surface area contributed by atoms with Crippen LogP contribution in [0.1, 0.15) is 57.8 Å². The predicted octanol–water partition coefficient (Wildman–Crippen LogP) is 2.45. The fourth-order valence-corrected chi connectivity index (χ4v) is 6.13. The van der Waals surface area contributed by atoms with Gasteiger partial charge in [0.15, 0.2) is 0 Å². The van der Waals surface area contributed by atoms with Crippen LogP contribution in [0.3, 0.4) is 0 Å². The van der Waals surface area contributed by atoms with Crippen molar-refractivity contribution in [3.05, 3.63) is 0 Å². The molecule has 3 heterocycles. The van der Waals surface area contributed by atoms with Crippen LogP contribution in [0.25, 0.3) is 0 Å². The highest BCUT2D eigenvalue weighted by molar-refractivity contribution is 5.07. The molecule has 0 aromatic rings. The monoisotopic (exact) mass is 291 g/mol. The van der Waals surface area contributed by atoms with E-state index in [4.69, 9.17) is 5.73 Å². The summed E-state index contributed by atoms with van der Waals surface area (Å²) in [5, 5.41) is 0. The molecule has 0 radical (unpaired) electrons. The average Bonchev–Trinajstić information content (AvgIpc) is 2.76. The zero-order valence-electron chi connectivity index (χ0n) is 13.8. The third-order valence-electron chi connectivity index (χ3n) is 7.56. The summed E-state index contributed by atoms with van der Waals surface area (Å²) in [6.45, 7) is 3.55. The van der Waals surface area contributed by atoms with Crippen LogP contribution in [0, 0.1) is 11.8 Å². The van der Waals surface area contributed by atoms with Crippen molar-refractivity contribution in [3.8, 4) is 0 Å². The number of fused-ring (bicyclic) bond motifs is 3. The van der Waals surface area contributed by atoms with Crippen molar-refractivity contribution in [2.75, 3.05) is 26.7 Å². The molecule has 4 unspecified atom stereocenters. The lowest BCUT2D eigenvalue weighted by molar-refractivity contribution is -0.0412. The maximum absolute atomic E-state index is 6.37. The molecule has 0 aromatic carbocycles. The smallest absolute Gasteiger partial charge is 0.0361 e. The van der Waals surface area contributed by atoms with Crippen LogP contribution in [-0.2, 0) is 0 Å². The maximum atomic E-state index is 6.37. The Labute approximate surface area is 130 Å². The highest BCUT2D eigenvalue weighted by atomic mass is 15.3. The maximum Gasteiger partial charge on any atom is 0.0361 e. The molecule has 4 aliphatic rings. The zero-order valence-corrected chi connectivity index (χ0v) is 13.8. The van der Waals surface area contributed by atoms with E-state index in [0.29, 0.717) is 5.54 Å². The Morgan fingerprint density at radius 3 is 2.29 bits per heavy atom. The molecule has 3 aliphatic heterocycles. The first-order chi connectivity index (χ1) is 10.2. The van der Waals surface area contributed by atoms with E-state index in [1.807, 2.05) is 0 Å². The van der Waals surface area contributed by atoms with E-state index in [1.165, 1.54) is 70.9 Å². The zero-order chi connectivity index (χ0) is 14.4. The SMILES string of the molecule is CN1C2CCC1CC(CN)(N1CCC3CCCCC3C1)C2. The normalized spacial score (nSPS) is 48.3. The van der Waals surface area contributed by atoms with Gasteiger partial charge in [-0.3, -0.25) is 4.90 Å². The molecular formula is C18H33N3.